The maximum atomic E-state index is 6.35. The highest BCUT2D eigenvalue weighted by atomic mass is 35.5. The second kappa shape index (κ2) is 4.45. The third-order valence-corrected chi connectivity index (χ3v) is 4.45. The van der Waals surface area contributed by atoms with Crippen LogP contribution in [0, 0.1) is 10.8 Å². The molecule has 2 unspecified atom stereocenters. The van der Waals surface area contributed by atoms with E-state index >= 15 is 0 Å². The van der Waals surface area contributed by atoms with Crippen LogP contribution in [0.5, 0.6) is 0 Å². The quantitative estimate of drug-likeness (QED) is 0.361. The van der Waals surface area contributed by atoms with Crippen molar-refractivity contribution in [3.8, 4) is 0 Å². The highest BCUT2D eigenvalue weighted by Crippen LogP contribution is 2.42. The van der Waals surface area contributed by atoms with Gasteiger partial charge in [-0.2, -0.15) is 10.2 Å². The number of rotatable bonds is 2. The zero-order valence-electron chi connectivity index (χ0n) is 11.7. The Morgan fingerprint density at radius 1 is 0.562 bits per heavy atom. The minimum absolute atomic E-state index is 0.164. The first-order valence-corrected chi connectivity index (χ1v) is 6.28. The van der Waals surface area contributed by atoms with Crippen LogP contribution in [0.4, 0.5) is 0 Å². The Morgan fingerprint density at radius 2 is 0.750 bits per heavy atom. The molecule has 2 nitrogen and oxygen atoms in total. The summed E-state index contributed by atoms with van der Waals surface area (Å²) in [6.45, 7) is 15.9. The molecule has 0 saturated carbocycles. The van der Waals surface area contributed by atoms with Crippen molar-refractivity contribution in [2.75, 3.05) is 0 Å². The smallest absolute Gasteiger partial charge is 0.156 e. The molecule has 0 radical (unpaired) electrons. The van der Waals surface area contributed by atoms with Crippen LogP contribution in [-0.2, 0) is 0 Å². The summed E-state index contributed by atoms with van der Waals surface area (Å²) >= 11 is 12.7. The maximum absolute atomic E-state index is 6.35. The maximum Gasteiger partial charge on any atom is 0.156 e. The van der Waals surface area contributed by atoms with E-state index in [9.17, 15) is 0 Å². The van der Waals surface area contributed by atoms with Gasteiger partial charge in [0.25, 0.3) is 0 Å². The van der Waals surface area contributed by atoms with E-state index in [2.05, 4.69) is 10.2 Å². The first-order chi connectivity index (χ1) is 6.71. The lowest BCUT2D eigenvalue weighted by Crippen LogP contribution is -2.35. The molecule has 0 heterocycles. The molecule has 0 aromatic heterocycles. The van der Waals surface area contributed by atoms with E-state index in [1.807, 2.05) is 55.4 Å². The molecule has 0 rings (SSSR count). The van der Waals surface area contributed by atoms with Crippen LogP contribution in [0.25, 0.3) is 0 Å². The summed E-state index contributed by atoms with van der Waals surface area (Å²) in [6.07, 6.45) is 0. The van der Waals surface area contributed by atoms with E-state index < -0.39 is 10.00 Å². The van der Waals surface area contributed by atoms with Crippen molar-refractivity contribution in [2.24, 2.45) is 21.1 Å². The Labute approximate surface area is 110 Å². The predicted molar refractivity (Wildman–Crippen MR) is 72.3 cm³/mol. The van der Waals surface area contributed by atoms with Crippen molar-refractivity contribution in [3.63, 3.8) is 0 Å². The molecular weight excluding hydrogens is 243 g/mol. The van der Waals surface area contributed by atoms with Crippen molar-refractivity contribution in [2.45, 2.75) is 65.4 Å². The molecule has 0 spiro atoms. The lowest BCUT2D eigenvalue weighted by molar-refractivity contribution is 0.252. The fraction of sp³-hybridized carbons (Fsp3) is 1.00. The standard InChI is InChI=1S/C12H24Cl2N2/c1-9(2,3)11(7,13)15-16-12(8,14)10(4,5)6/h1-8H3. The molecule has 0 saturated heterocycles. The lowest BCUT2D eigenvalue weighted by Gasteiger charge is -2.35. The Morgan fingerprint density at radius 3 is 0.875 bits per heavy atom. The fourth-order valence-electron chi connectivity index (χ4n) is 0.488. The van der Waals surface area contributed by atoms with Crippen molar-refractivity contribution in [3.05, 3.63) is 0 Å². The van der Waals surface area contributed by atoms with Gasteiger partial charge in [-0.05, 0) is 13.8 Å². The molecule has 0 bridgehead atoms. The highest BCUT2D eigenvalue weighted by molar-refractivity contribution is 6.24. The SMILES string of the molecule is CC(C)(C)C(C)(Cl)N=NC(C)(Cl)C(C)(C)C. The van der Waals surface area contributed by atoms with Gasteiger partial charge in [-0.15, -0.1) is 0 Å². The minimum atomic E-state index is -0.742. The van der Waals surface area contributed by atoms with Crippen LogP contribution in [-0.4, -0.2) is 10.00 Å². The van der Waals surface area contributed by atoms with Crippen LogP contribution in [0.15, 0.2) is 10.2 Å². The van der Waals surface area contributed by atoms with Crippen molar-refractivity contribution in [1.29, 1.82) is 0 Å². The summed E-state index contributed by atoms with van der Waals surface area (Å²) in [5.74, 6) is 0. The third kappa shape index (κ3) is 3.89. The molecule has 0 aliphatic heterocycles. The van der Waals surface area contributed by atoms with Gasteiger partial charge in [-0.1, -0.05) is 64.7 Å². The van der Waals surface area contributed by atoms with Gasteiger partial charge < -0.3 is 0 Å². The molecule has 0 amide bonds. The summed E-state index contributed by atoms with van der Waals surface area (Å²) in [5.41, 5.74) is -0.328. The second-order valence-corrected chi connectivity index (χ2v) is 8.08. The van der Waals surface area contributed by atoms with E-state index in [1.54, 1.807) is 0 Å². The van der Waals surface area contributed by atoms with Crippen LogP contribution in [0.1, 0.15) is 55.4 Å². The molecule has 0 aliphatic rings. The van der Waals surface area contributed by atoms with Gasteiger partial charge in [0.2, 0.25) is 0 Å². The van der Waals surface area contributed by atoms with Crippen molar-refractivity contribution < 1.29 is 0 Å². The van der Waals surface area contributed by atoms with Gasteiger partial charge in [-0.25, -0.2) is 0 Å². The van der Waals surface area contributed by atoms with E-state index in [0.717, 1.165) is 0 Å². The molecule has 0 aromatic carbocycles. The second-order valence-electron chi connectivity index (χ2n) is 6.61. The van der Waals surface area contributed by atoms with Gasteiger partial charge in [0.05, 0.1) is 0 Å². The van der Waals surface area contributed by atoms with E-state index in [4.69, 9.17) is 23.2 Å². The van der Waals surface area contributed by atoms with Crippen LogP contribution >= 0.6 is 23.2 Å². The molecule has 0 fully saturated rings. The molecule has 2 atom stereocenters. The van der Waals surface area contributed by atoms with Gasteiger partial charge in [0, 0.05) is 10.8 Å². The summed E-state index contributed by atoms with van der Waals surface area (Å²) in [4.78, 5) is -1.48. The fourth-order valence-corrected chi connectivity index (χ4v) is 0.563. The number of azo groups is 1. The lowest BCUT2D eigenvalue weighted by atomic mass is 9.87. The van der Waals surface area contributed by atoms with Gasteiger partial charge in [0.15, 0.2) is 10.00 Å². The molecule has 4 heteroatoms. The number of hydrogen-bond acceptors (Lipinski definition) is 2. The molecule has 16 heavy (non-hydrogen) atoms. The normalized spacial score (nSPS) is 21.9. The van der Waals surface area contributed by atoms with Gasteiger partial charge in [0.1, 0.15) is 0 Å². The Hall–Kier alpha value is 0.180. The summed E-state index contributed by atoms with van der Waals surface area (Å²) < 4.78 is 0. The van der Waals surface area contributed by atoms with Crippen LogP contribution in [0.2, 0.25) is 0 Å². The van der Waals surface area contributed by atoms with Crippen molar-refractivity contribution in [1.82, 2.24) is 0 Å². The first kappa shape index (κ1) is 16.2. The van der Waals surface area contributed by atoms with Gasteiger partial charge >= 0.3 is 0 Å². The topological polar surface area (TPSA) is 24.7 Å². The third-order valence-electron chi connectivity index (χ3n) is 3.16. The largest absolute Gasteiger partial charge is 0.169 e. The number of halogens is 2. The zero-order valence-corrected chi connectivity index (χ0v) is 13.2. The Balaban J connectivity index is 5.01. The Kier molecular flexibility index (Phi) is 4.50. The van der Waals surface area contributed by atoms with Crippen LogP contribution in [0.3, 0.4) is 0 Å². The average molecular weight is 267 g/mol. The molecular formula is C12H24Cl2N2. The summed E-state index contributed by atoms with van der Waals surface area (Å²) in [5, 5.41) is 8.45. The monoisotopic (exact) mass is 266 g/mol. The minimum Gasteiger partial charge on any atom is -0.169 e. The van der Waals surface area contributed by atoms with Crippen molar-refractivity contribution >= 4 is 23.2 Å². The zero-order chi connectivity index (χ0) is 13.4. The number of alkyl halides is 2. The molecule has 96 valence electrons. The molecule has 0 aliphatic carbocycles. The number of hydrogen-bond donors (Lipinski definition) is 0. The van der Waals surface area contributed by atoms with Gasteiger partial charge in [-0.3, -0.25) is 0 Å². The van der Waals surface area contributed by atoms with Crippen LogP contribution < -0.4 is 0 Å². The molecule has 0 N–H and O–H groups in total. The highest BCUT2D eigenvalue weighted by Gasteiger charge is 2.39. The van der Waals surface area contributed by atoms with E-state index in [0.29, 0.717) is 0 Å². The number of nitrogens with zero attached hydrogens (tertiary/aromatic N) is 2. The first-order valence-electron chi connectivity index (χ1n) is 5.53. The Bertz CT molecular complexity index is 240. The summed E-state index contributed by atoms with van der Waals surface area (Å²) in [6, 6.07) is 0. The summed E-state index contributed by atoms with van der Waals surface area (Å²) in [7, 11) is 0. The average Bonchev–Trinajstić information content (AvgIpc) is 1.97. The van der Waals surface area contributed by atoms with E-state index in [-0.39, 0.29) is 10.8 Å². The molecule has 0 aromatic rings. The van der Waals surface area contributed by atoms with E-state index in [1.165, 1.54) is 0 Å². The predicted octanol–water partition coefficient (Wildman–Crippen LogP) is 5.44.